The van der Waals surface area contributed by atoms with Gasteiger partial charge in [0.15, 0.2) is 11.9 Å². The largest absolute Gasteiger partial charge is 0.481 e. The molecule has 0 saturated heterocycles. The summed E-state index contributed by atoms with van der Waals surface area (Å²) < 4.78 is 81.5. The van der Waals surface area contributed by atoms with Gasteiger partial charge in [-0.2, -0.15) is 26.3 Å². The molecule has 0 aliphatic rings. The molecule has 2 heterocycles. The Morgan fingerprint density at radius 2 is 1.60 bits per heavy atom. The first-order valence-electron chi connectivity index (χ1n) is 11.2. The van der Waals surface area contributed by atoms with E-state index in [1.54, 1.807) is 0 Å². The normalized spacial score (nSPS) is 12.3. The lowest BCUT2D eigenvalue weighted by molar-refractivity contribution is -0.189. The Kier molecular flexibility index (Phi) is 10.4. The minimum atomic E-state index is -4.78. The van der Waals surface area contributed by atoms with Crippen LogP contribution in [0.15, 0.2) is 48.8 Å². The summed E-state index contributed by atoms with van der Waals surface area (Å²) in [6, 6.07) is 6.62. The van der Waals surface area contributed by atoms with E-state index in [1.165, 1.54) is 24.3 Å². The van der Waals surface area contributed by atoms with Crippen molar-refractivity contribution < 1.29 is 55.7 Å². The first-order valence-corrected chi connectivity index (χ1v) is 11.2. The molecule has 2 aromatic heterocycles. The van der Waals surface area contributed by atoms with Crippen LogP contribution in [0.5, 0.6) is 5.75 Å². The molecule has 0 radical (unpaired) electrons. The minimum Gasteiger partial charge on any atom is -0.481 e. The number of anilines is 2. The third kappa shape index (κ3) is 9.68. The Labute approximate surface area is 231 Å². The number of ether oxygens (including phenoxy) is 1. The molecular formula is C23H21F6N7O6. The number of hydrogen-bond acceptors (Lipinski definition) is 9. The van der Waals surface area contributed by atoms with Crippen LogP contribution in [0.2, 0.25) is 0 Å². The second kappa shape index (κ2) is 13.3. The second-order valence-electron chi connectivity index (χ2n) is 7.97. The number of hydrogen-bond donors (Lipinski definition) is 5. The monoisotopic (exact) mass is 605 g/mol. The molecule has 13 nitrogen and oxygen atoms in total. The standard InChI is InChI=1S/C19H17F6N7O2.C4H4O4/c1-9(18(20,21)22)34-11-4-2-10(3-5-11)7-28-16(33)12-6-13(15(27)30-14(12)26)32-8-29-17(31-32)19(23,24)25;5-3(6)1-2-4(7)8/h2-6,8-9H,7H2,1H3,(H,28,33)(H4,26,27,30);1-2H,(H,5,6)(H,7,8)/b;2-1-/t9-;/m1./s1. The van der Waals surface area contributed by atoms with Crippen molar-refractivity contribution in [3.8, 4) is 11.4 Å². The SMILES string of the molecule is C[C@@H](Oc1ccc(CNC(=O)c2cc(-n3cnc(C(F)(F)F)n3)c(N)nc2N)cc1)C(F)(F)F.O=C(O)/C=C\C(=O)O. The van der Waals surface area contributed by atoms with Crippen LogP contribution in [0.4, 0.5) is 38.0 Å². The first-order chi connectivity index (χ1) is 19.4. The number of nitrogens with one attached hydrogen (secondary N) is 1. The molecular weight excluding hydrogens is 584 g/mol. The lowest BCUT2D eigenvalue weighted by Crippen LogP contribution is -2.31. The molecule has 19 heteroatoms. The Balaban J connectivity index is 0.000000675. The topological polar surface area (TPSA) is 209 Å². The molecule has 226 valence electrons. The molecule has 1 aromatic carbocycles. The van der Waals surface area contributed by atoms with E-state index in [2.05, 4.69) is 20.4 Å². The average Bonchev–Trinajstić information content (AvgIpc) is 3.37. The summed E-state index contributed by atoms with van der Waals surface area (Å²) in [5.41, 5.74) is 11.6. The number of carbonyl (C=O) groups excluding carboxylic acids is 1. The number of rotatable bonds is 8. The molecule has 42 heavy (non-hydrogen) atoms. The van der Waals surface area contributed by atoms with Gasteiger partial charge in [-0.1, -0.05) is 12.1 Å². The highest BCUT2D eigenvalue weighted by Gasteiger charge is 2.38. The van der Waals surface area contributed by atoms with Crippen LogP contribution >= 0.6 is 0 Å². The number of halogens is 6. The Morgan fingerprint density at radius 1 is 1.02 bits per heavy atom. The summed E-state index contributed by atoms with van der Waals surface area (Å²) in [6.45, 7) is 0.825. The summed E-state index contributed by atoms with van der Waals surface area (Å²) in [7, 11) is 0. The van der Waals surface area contributed by atoms with E-state index >= 15 is 0 Å². The number of amides is 1. The molecule has 0 fully saturated rings. The highest BCUT2D eigenvalue weighted by Crippen LogP contribution is 2.28. The molecule has 0 aliphatic carbocycles. The number of nitrogen functional groups attached to an aromatic ring is 2. The van der Waals surface area contributed by atoms with Gasteiger partial charge in [-0.3, -0.25) is 4.79 Å². The van der Waals surface area contributed by atoms with Crippen molar-refractivity contribution >= 4 is 29.5 Å². The van der Waals surface area contributed by atoms with Gasteiger partial charge in [-0.15, -0.1) is 5.10 Å². The van der Waals surface area contributed by atoms with E-state index in [0.717, 1.165) is 19.3 Å². The van der Waals surface area contributed by atoms with E-state index in [9.17, 15) is 40.7 Å². The lowest BCUT2D eigenvalue weighted by atomic mass is 10.2. The van der Waals surface area contributed by atoms with Crippen LogP contribution < -0.4 is 21.5 Å². The number of carbonyl (C=O) groups is 3. The predicted octanol–water partition coefficient (Wildman–Crippen LogP) is 2.82. The number of nitrogens with zero attached hydrogens (tertiary/aromatic N) is 4. The Hall–Kier alpha value is -5.36. The van der Waals surface area contributed by atoms with Crippen LogP contribution in [-0.2, 0) is 22.3 Å². The fourth-order valence-corrected chi connectivity index (χ4v) is 2.78. The van der Waals surface area contributed by atoms with Crippen molar-refractivity contribution in [1.82, 2.24) is 25.1 Å². The van der Waals surface area contributed by atoms with Gasteiger partial charge in [0.2, 0.25) is 0 Å². The van der Waals surface area contributed by atoms with Crippen LogP contribution in [0, 0.1) is 0 Å². The number of benzene rings is 1. The lowest BCUT2D eigenvalue weighted by Gasteiger charge is -2.17. The molecule has 0 aliphatic heterocycles. The van der Waals surface area contributed by atoms with Crippen molar-refractivity contribution in [2.75, 3.05) is 11.5 Å². The highest BCUT2D eigenvalue weighted by molar-refractivity contribution is 5.99. The summed E-state index contributed by atoms with van der Waals surface area (Å²) in [4.78, 5) is 38.6. The molecule has 0 unspecified atom stereocenters. The van der Waals surface area contributed by atoms with Crippen LogP contribution in [0.3, 0.4) is 0 Å². The Morgan fingerprint density at radius 3 is 2.07 bits per heavy atom. The van der Waals surface area contributed by atoms with Crippen molar-refractivity contribution in [2.45, 2.75) is 31.9 Å². The molecule has 0 saturated carbocycles. The predicted molar refractivity (Wildman–Crippen MR) is 131 cm³/mol. The van der Waals surface area contributed by atoms with E-state index < -0.39 is 42.1 Å². The highest BCUT2D eigenvalue weighted by atomic mass is 19.4. The maximum absolute atomic E-state index is 12.8. The minimum absolute atomic E-state index is 0.0115. The van der Waals surface area contributed by atoms with Gasteiger partial charge in [0.25, 0.3) is 11.7 Å². The van der Waals surface area contributed by atoms with Gasteiger partial charge in [0, 0.05) is 18.7 Å². The smallest absolute Gasteiger partial charge is 0.453 e. The number of carboxylic acids is 2. The fourth-order valence-electron chi connectivity index (χ4n) is 2.78. The van der Waals surface area contributed by atoms with Gasteiger partial charge < -0.3 is 31.7 Å². The summed E-state index contributed by atoms with van der Waals surface area (Å²) in [6.07, 6.45) is -9.42. The van der Waals surface area contributed by atoms with Crippen LogP contribution in [0.25, 0.3) is 5.69 Å². The maximum Gasteiger partial charge on any atom is 0.453 e. The Bertz CT molecular complexity index is 1440. The van der Waals surface area contributed by atoms with Gasteiger partial charge in [-0.25, -0.2) is 24.2 Å². The molecule has 1 atom stereocenters. The number of alkyl halides is 6. The van der Waals surface area contributed by atoms with Crippen molar-refractivity contribution in [3.63, 3.8) is 0 Å². The molecule has 7 N–H and O–H groups in total. The number of nitrogens with two attached hydrogens (primary N) is 2. The first kappa shape index (κ1) is 32.8. The zero-order chi connectivity index (χ0) is 31.8. The van der Waals surface area contributed by atoms with E-state index in [-0.39, 0.29) is 35.2 Å². The summed E-state index contributed by atoms with van der Waals surface area (Å²) in [5.74, 6) is -5.22. The number of aliphatic carboxylic acids is 2. The van der Waals surface area contributed by atoms with E-state index in [0.29, 0.717) is 22.4 Å². The van der Waals surface area contributed by atoms with Crippen LogP contribution in [-0.4, -0.2) is 60.1 Å². The van der Waals surface area contributed by atoms with E-state index in [4.69, 9.17) is 26.4 Å². The molecule has 1 amide bonds. The zero-order valence-electron chi connectivity index (χ0n) is 21.1. The molecule has 0 spiro atoms. The molecule has 3 aromatic rings. The third-order valence-electron chi connectivity index (χ3n) is 4.82. The van der Waals surface area contributed by atoms with E-state index in [1.807, 2.05) is 0 Å². The quantitative estimate of drug-likeness (QED) is 0.186. The zero-order valence-corrected chi connectivity index (χ0v) is 21.1. The maximum atomic E-state index is 12.8. The summed E-state index contributed by atoms with van der Waals surface area (Å²) >= 11 is 0. The van der Waals surface area contributed by atoms with Gasteiger partial charge in [0.1, 0.15) is 23.6 Å². The van der Waals surface area contributed by atoms with Crippen LogP contribution in [0.1, 0.15) is 28.7 Å². The van der Waals surface area contributed by atoms with Gasteiger partial charge >= 0.3 is 24.3 Å². The third-order valence-corrected chi connectivity index (χ3v) is 4.82. The number of carboxylic acid groups (broad SMARTS) is 2. The fraction of sp³-hybridized carbons (Fsp3) is 0.217. The van der Waals surface area contributed by atoms with Crippen molar-refractivity contribution in [3.05, 3.63) is 65.8 Å². The number of aromatic nitrogens is 4. The van der Waals surface area contributed by atoms with Gasteiger partial charge in [0.05, 0.1) is 5.56 Å². The summed E-state index contributed by atoms with van der Waals surface area (Å²) in [5, 5.41) is 21.4. The van der Waals surface area contributed by atoms with Gasteiger partial charge in [-0.05, 0) is 30.7 Å². The molecule has 0 bridgehead atoms. The van der Waals surface area contributed by atoms with Crippen molar-refractivity contribution in [2.24, 2.45) is 0 Å². The molecule has 3 rings (SSSR count). The second-order valence-corrected chi connectivity index (χ2v) is 7.97. The van der Waals surface area contributed by atoms with Crippen molar-refractivity contribution in [1.29, 1.82) is 0 Å². The average molecular weight is 605 g/mol. The number of pyridine rings is 1.